The van der Waals surface area contributed by atoms with Crippen molar-refractivity contribution in [2.75, 3.05) is 63.3 Å². The number of nitrogens with zero attached hydrogens (tertiary/aromatic N) is 6. The summed E-state index contributed by atoms with van der Waals surface area (Å²) < 4.78 is 87.2. The Balaban J connectivity index is 0.000000366. The molecule has 0 spiro atoms. The first-order valence-electron chi connectivity index (χ1n) is 23.2. The zero-order valence-electron chi connectivity index (χ0n) is 41.0. The largest absolute Gasteiger partial charge is 0.467 e. The molecule has 0 aliphatic carbocycles. The molecule has 15 nitrogen and oxygen atoms in total. The predicted octanol–water partition coefficient (Wildman–Crippen LogP) is 10.7. The molecule has 3 aliphatic rings. The van der Waals surface area contributed by atoms with Gasteiger partial charge in [-0.05, 0) is 137 Å². The summed E-state index contributed by atoms with van der Waals surface area (Å²) in [7, 11) is 1.34. The lowest BCUT2D eigenvalue weighted by atomic mass is 9.93. The predicted molar refractivity (Wildman–Crippen MR) is 255 cm³/mol. The summed E-state index contributed by atoms with van der Waals surface area (Å²) in [6.07, 6.45) is -0.822. The Bertz CT molecular complexity index is 2540. The van der Waals surface area contributed by atoms with Gasteiger partial charge in [-0.1, -0.05) is 6.07 Å². The fraction of sp³-hybridized carbons (Fsp3) is 0.592. The lowest BCUT2D eigenvalue weighted by Crippen LogP contribution is -2.57. The second kappa shape index (κ2) is 21.2. The second-order valence-corrected chi connectivity index (χ2v) is 21.3. The average molecular weight is 986 g/mol. The molecule has 2 unspecified atom stereocenters. The van der Waals surface area contributed by atoms with Crippen LogP contribution >= 0.6 is 11.3 Å². The van der Waals surface area contributed by atoms with E-state index in [9.17, 15) is 19.6 Å². The van der Waals surface area contributed by atoms with Crippen LogP contribution < -0.4 is 15.0 Å². The van der Waals surface area contributed by atoms with E-state index < -0.39 is 46.5 Å². The fourth-order valence-electron chi connectivity index (χ4n) is 8.65. The van der Waals surface area contributed by atoms with Crippen molar-refractivity contribution in [1.29, 1.82) is 5.26 Å². The van der Waals surface area contributed by atoms with Crippen molar-refractivity contribution in [3.63, 3.8) is 0 Å². The molecule has 1 N–H and O–H groups in total. The summed E-state index contributed by atoms with van der Waals surface area (Å²) >= 11 is 0.714. The molecule has 3 aliphatic heterocycles. The number of carbonyl (C=O) groups is 3. The van der Waals surface area contributed by atoms with Crippen molar-refractivity contribution in [2.24, 2.45) is 0 Å². The third kappa shape index (κ3) is 13.6. The van der Waals surface area contributed by atoms with E-state index in [-0.39, 0.29) is 72.6 Å². The molecule has 0 radical (unpaired) electrons. The number of anilines is 2. The number of rotatable bonds is 11. The summed E-state index contributed by atoms with van der Waals surface area (Å²) in [5.41, 5.74) is -3.60. The quantitative estimate of drug-likeness (QED) is 0.0653. The number of thiophene rings is 1. The Morgan fingerprint density at radius 1 is 0.870 bits per heavy atom. The summed E-state index contributed by atoms with van der Waals surface area (Å²) in [5.74, 6) is -0.758. The Kier molecular flexibility index (Phi) is 16.3. The third-order valence-electron chi connectivity index (χ3n) is 11.3. The lowest BCUT2D eigenvalue weighted by Gasteiger charge is -2.42. The van der Waals surface area contributed by atoms with Gasteiger partial charge in [-0.15, -0.1) is 11.3 Å². The number of alkyl halides is 3. The van der Waals surface area contributed by atoms with Gasteiger partial charge in [-0.2, -0.15) is 28.4 Å². The number of hydrogen-bond donors (Lipinski definition) is 1. The normalized spacial score (nSPS) is 17.6. The minimum absolute atomic E-state index is 0.0751. The van der Waals surface area contributed by atoms with Crippen LogP contribution in [0, 0.1) is 17.1 Å². The van der Waals surface area contributed by atoms with Crippen molar-refractivity contribution in [1.82, 2.24) is 19.8 Å². The maximum absolute atomic E-state index is 15.3. The van der Waals surface area contributed by atoms with Gasteiger partial charge < -0.3 is 33.5 Å². The highest BCUT2D eigenvalue weighted by Crippen LogP contribution is 2.48. The van der Waals surface area contributed by atoms with E-state index in [4.69, 9.17) is 23.7 Å². The van der Waals surface area contributed by atoms with E-state index in [0.29, 0.717) is 50.3 Å². The number of piperazine rings is 1. The van der Waals surface area contributed by atoms with Crippen LogP contribution in [-0.2, 0) is 29.9 Å². The van der Waals surface area contributed by atoms with Crippen molar-refractivity contribution < 1.29 is 55.6 Å². The second-order valence-electron chi connectivity index (χ2n) is 20.3. The molecule has 69 heavy (non-hydrogen) atoms. The molecular weight excluding hydrogens is 923 g/mol. The Labute approximate surface area is 404 Å². The van der Waals surface area contributed by atoms with Crippen LogP contribution in [0.1, 0.15) is 112 Å². The van der Waals surface area contributed by atoms with Gasteiger partial charge in [0.15, 0.2) is 0 Å². The van der Waals surface area contributed by atoms with Crippen LogP contribution in [-0.4, -0.2) is 120 Å². The van der Waals surface area contributed by atoms with Crippen molar-refractivity contribution >= 4 is 61.3 Å². The van der Waals surface area contributed by atoms with Crippen LogP contribution in [0.2, 0.25) is 0 Å². The number of halogens is 4. The molecule has 2 aromatic heterocycles. The van der Waals surface area contributed by atoms with E-state index in [1.807, 2.05) is 31.7 Å². The molecule has 5 heterocycles. The summed E-state index contributed by atoms with van der Waals surface area (Å²) in [4.78, 5) is 51.9. The molecule has 0 saturated carbocycles. The van der Waals surface area contributed by atoms with E-state index >= 15 is 17.6 Å². The topological polar surface area (TPSA) is 169 Å². The van der Waals surface area contributed by atoms with E-state index in [0.717, 1.165) is 31.7 Å². The van der Waals surface area contributed by atoms with Gasteiger partial charge in [0.1, 0.15) is 39.5 Å². The zero-order chi connectivity index (χ0) is 50.6. The minimum Gasteiger partial charge on any atom is -0.467 e. The summed E-state index contributed by atoms with van der Waals surface area (Å²) in [6.45, 7) is 21.3. The number of benzene rings is 2. The van der Waals surface area contributed by atoms with Gasteiger partial charge in [-0.3, -0.25) is 15.0 Å². The number of esters is 1. The third-order valence-corrected chi connectivity index (χ3v) is 12.4. The first-order chi connectivity index (χ1) is 32.2. The molecule has 2 amide bonds. The number of aromatic nitrogens is 2. The van der Waals surface area contributed by atoms with Crippen molar-refractivity contribution in [3.8, 4) is 23.2 Å². The Morgan fingerprint density at radius 3 is 2.09 bits per heavy atom. The maximum Gasteiger partial charge on any atom is 0.417 e. The van der Waals surface area contributed by atoms with Gasteiger partial charge in [0.25, 0.3) is 0 Å². The Hall–Kier alpha value is -5.52. The van der Waals surface area contributed by atoms with Crippen LogP contribution in [0.5, 0.6) is 6.01 Å². The molecule has 7 rings (SSSR count). The monoisotopic (exact) mass is 985 g/mol. The van der Waals surface area contributed by atoms with E-state index in [1.165, 1.54) is 45.2 Å². The number of carbonyl (C=O) groups excluding carboxylic acids is 3. The highest BCUT2D eigenvalue weighted by molar-refractivity contribution is 7.23. The SMILES string of the molecule is CC(C)(C)OC(=O)CCOCCCN1CCCC1.COc1nc(N2CC3CCC(C2)N3C(=O)OC(C)(C)C)c2cc(C(F)(F)F)c(-c3ccc(F)c4sc(NC(=O)OC(C)(C)C)c(C#N)c34)cc2n1. The molecule has 20 heteroatoms. The smallest absolute Gasteiger partial charge is 0.417 e. The minimum atomic E-state index is -4.91. The highest BCUT2D eigenvalue weighted by atomic mass is 32.1. The van der Waals surface area contributed by atoms with E-state index in [2.05, 4.69) is 20.2 Å². The molecule has 3 fully saturated rings. The first-order valence-corrected chi connectivity index (χ1v) is 24.0. The van der Waals surface area contributed by atoms with Crippen LogP contribution in [0.3, 0.4) is 0 Å². The van der Waals surface area contributed by atoms with Gasteiger partial charge in [0.05, 0.1) is 53.6 Å². The standard InChI is InChI=1S/C35H36F4N6O5S.C14H27NO3/c1-33(2,3)49-31(46)43-29-22(14-40)26-19(10-11-24(36)27(26)51-29)20-13-25-21(12-23(20)35(37,38)39)28(42-30(41-25)48-7)44-15-17-8-9-18(16-44)45(17)32(47)50-34(4,5)6;1-14(2,3)18-13(16)7-12-17-11-6-10-15-8-4-5-9-15/h10-13,17-18H,8-9,15-16H2,1-7H3,(H,43,46);4-12H2,1-3H3. The maximum atomic E-state index is 15.3. The number of fused-ring (bicyclic) bond motifs is 4. The zero-order valence-corrected chi connectivity index (χ0v) is 41.8. The molecule has 2 bridgehead atoms. The Morgan fingerprint density at radius 2 is 1.51 bits per heavy atom. The van der Waals surface area contributed by atoms with Crippen molar-refractivity contribution in [3.05, 3.63) is 41.2 Å². The lowest BCUT2D eigenvalue weighted by molar-refractivity contribution is -0.156. The molecule has 376 valence electrons. The number of nitriles is 1. The highest BCUT2D eigenvalue weighted by Gasteiger charge is 2.45. The number of ether oxygens (including phenoxy) is 5. The molecule has 2 aromatic carbocycles. The number of methoxy groups -OCH3 is 1. The van der Waals surface area contributed by atoms with Gasteiger partial charge >= 0.3 is 30.3 Å². The molecular formula is C49H63F4N7O8S. The fourth-order valence-corrected chi connectivity index (χ4v) is 9.72. The summed E-state index contributed by atoms with van der Waals surface area (Å²) in [5, 5.41) is 12.5. The van der Waals surface area contributed by atoms with Crippen LogP contribution in [0.4, 0.5) is 38.0 Å². The van der Waals surface area contributed by atoms with Crippen molar-refractivity contribution in [2.45, 2.75) is 136 Å². The van der Waals surface area contributed by atoms with Crippen LogP contribution in [0.15, 0.2) is 24.3 Å². The van der Waals surface area contributed by atoms with Gasteiger partial charge in [0.2, 0.25) is 0 Å². The number of nitrogens with one attached hydrogen (secondary N) is 1. The van der Waals surface area contributed by atoms with E-state index in [1.54, 1.807) is 46.4 Å². The average Bonchev–Trinajstić information content (AvgIpc) is 3.95. The molecule has 2 atom stereocenters. The molecule has 3 saturated heterocycles. The number of hydrogen-bond acceptors (Lipinski definition) is 14. The number of amides is 2. The van der Waals surface area contributed by atoms with Gasteiger partial charge in [-0.25, -0.2) is 14.0 Å². The molecule has 4 aromatic rings. The first kappa shape index (κ1) is 52.8. The van der Waals surface area contributed by atoms with Crippen LogP contribution in [0.25, 0.3) is 32.1 Å². The van der Waals surface area contributed by atoms with Gasteiger partial charge in [0, 0.05) is 37.0 Å². The number of likely N-dealkylation sites (tertiary alicyclic amines) is 1. The summed E-state index contributed by atoms with van der Waals surface area (Å²) in [6, 6.07) is 5.70.